The van der Waals surface area contributed by atoms with E-state index < -0.39 is 0 Å². The molecule has 0 spiro atoms. The number of hydrogen-bond acceptors (Lipinski definition) is 3. The van der Waals surface area contributed by atoms with Gasteiger partial charge in [-0.1, -0.05) is 74.5 Å². The average Bonchev–Trinajstić information content (AvgIpc) is 3.57. The molecule has 1 saturated carbocycles. The minimum atomic E-state index is -0.344. The third-order valence-corrected chi connectivity index (χ3v) is 7.70. The van der Waals surface area contributed by atoms with E-state index in [4.69, 9.17) is 0 Å². The lowest BCUT2D eigenvalue weighted by atomic mass is 9.88. The lowest BCUT2D eigenvalue weighted by Gasteiger charge is -2.30. The van der Waals surface area contributed by atoms with Crippen LogP contribution >= 0.6 is 11.8 Å². The van der Waals surface area contributed by atoms with E-state index in [2.05, 4.69) is 67.7 Å². The normalized spacial score (nSPS) is 20.7. The van der Waals surface area contributed by atoms with Gasteiger partial charge >= 0.3 is 0 Å². The van der Waals surface area contributed by atoms with Gasteiger partial charge in [0.2, 0.25) is 11.8 Å². The van der Waals surface area contributed by atoms with E-state index >= 15 is 0 Å². The Morgan fingerprint density at radius 2 is 1.59 bits per heavy atom. The van der Waals surface area contributed by atoms with Crippen LogP contribution in [-0.4, -0.2) is 40.4 Å². The van der Waals surface area contributed by atoms with Gasteiger partial charge in [-0.05, 0) is 42.7 Å². The van der Waals surface area contributed by atoms with E-state index in [0.29, 0.717) is 18.2 Å². The quantitative estimate of drug-likeness (QED) is 0.582. The SMILES string of the molecule is CC(C)CC1SCC(C(=O)NCCC(c2ccccc2)c2ccccc2)N1C(=O)C1CC1. The summed E-state index contributed by atoms with van der Waals surface area (Å²) in [5, 5.41) is 3.29. The van der Waals surface area contributed by atoms with Crippen LogP contribution in [-0.2, 0) is 9.59 Å². The monoisotopic (exact) mass is 450 g/mol. The molecular weight excluding hydrogens is 416 g/mol. The lowest BCUT2D eigenvalue weighted by molar-refractivity contribution is -0.141. The molecule has 2 fully saturated rings. The first-order chi connectivity index (χ1) is 15.5. The van der Waals surface area contributed by atoms with Crippen LogP contribution in [0.25, 0.3) is 0 Å². The third kappa shape index (κ3) is 5.55. The molecule has 2 aromatic carbocycles. The van der Waals surface area contributed by atoms with Crippen molar-refractivity contribution in [1.82, 2.24) is 10.2 Å². The highest BCUT2D eigenvalue weighted by Crippen LogP contribution is 2.39. The smallest absolute Gasteiger partial charge is 0.243 e. The van der Waals surface area contributed by atoms with Crippen LogP contribution in [0, 0.1) is 11.8 Å². The maximum Gasteiger partial charge on any atom is 0.243 e. The minimum Gasteiger partial charge on any atom is -0.354 e. The predicted octanol–water partition coefficient (Wildman–Crippen LogP) is 5.05. The van der Waals surface area contributed by atoms with Gasteiger partial charge < -0.3 is 10.2 Å². The first kappa shape index (κ1) is 22.9. The summed E-state index contributed by atoms with van der Waals surface area (Å²) in [5.41, 5.74) is 2.51. The third-order valence-electron chi connectivity index (χ3n) is 6.39. The van der Waals surface area contributed by atoms with Crippen molar-refractivity contribution < 1.29 is 9.59 Å². The predicted molar refractivity (Wildman–Crippen MR) is 131 cm³/mol. The molecule has 2 amide bonds. The second-order valence-corrected chi connectivity index (χ2v) is 10.6. The Labute approximate surface area is 196 Å². The van der Waals surface area contributed by atoms with Crippen LogP contribution in [0.4, 0.5) is 0 Å². The summed E-state index contributed by atoms with van der Waals surface area (Å²) >= 11 is 1.77. The molecule has 170 valence electrons. The molecule has 2 atom stereocenters. The molecule has 0 aromatic heterocycles. The van der Waals surface area contributed by atoms with Gasteiger partial charge in [-0.15, -0.1) is 11.8 Å². The van der Waals surface area contributed by atoms with Gasteiger partial charge in [0.25, 0.3) is 0 Å². The van der Waals surface area contributed by atoms with Crippen LogP contribution in [0.1, 0.15) is 56.6 Å². The highest BCUT2D eigenvalue weighted by molar-refractivity contribution is 8.00. The molecule has 2 aromatic rings. The molecule has 1 aliphatic carbocycles. The van der Waals surface area contributed by atoms with Gasteiger partial charge in [0, 0.05) is 24.1 Å². The Balaban J connectivity index is 1.41. The number of carbonyl (C=O) groups excluding carboxylic acids is 2. The summed E-state index contributed by atoms with van der Waals surface area (Å²) in [6.07, 6.45) is 3.71. The molecule has 0 radical (unpaired) electrons. The second-order valence-electron chi connectivity index (χ2n) is 9.41. The molecule has 1 aliphatic heterocycles. The zero-order valence-electron chi connectivity index (χ0n) is 19.1. The number of rotatable bonds is 9. The number of nitrogens with zero attached hydrogens (tertiary/aromatic N) is 1. The molecule has 4 rings (SSSR count). The topological polar surface area (TPSA) is 49.4 Å². The minimum absolute atomic E-state index is 0.00219. The van der Waals surface area contributed by atoms with Crippen molar-refractivity contribution in [2.24, 2.45) is 11.8 Å². The highest BCUT2D eigenvalue weighted by Gasteiger charge is 2.45. The largest absolute Gasteiger partial charge is 0.354 e. The molecular formula is C27H34N2O2S. The Kier molecular flexibility index (Phi) is 7.56. The number of hydrogen-bond donors (Lipinski definition) is 1. The van der Waals surface area contributed by atoms with Crippen molar-refractivity contribution >= 4 is 23.6 Å². The fourth-order valence-electron chi connectivity index (χ4n) is 4.54. The maximum atomic E-state index is 13.2. The van der Waals surface area contributed by atoms with Gasteiger partial charge in [0.15, 0.2) is 0 Å². The molecule has 0 bridgehead atoms. The standard InChI is InChI=1S/C27H34N2O2S/c1-19(2)17-25-29(27(31)22-13-14-22)24(18-32-25)26(30)28-16-15-23(20-9-5-3-6-10-20)21-11-7-4-8-12-21/h3-12,19,22-25H,13-18H2,1-2H3,(H,28,30). The number of thioether (sulfide) groups is 1. The summed E-state index contributed by atoms with van der Waals surface area (Å²) in [6, 6.07) is 20.6. The molecule has 5 heteroatoms. The van der Waals surface area contributed by atoms with E-state index in [9.17, 15) is 9.59 Å². The zero-order chi connectivity index (χ0) is 22.5. The fraction of sp³-hybridized carbons (Fsp3) is 0.481. The molecule has 1 saturated heterocycles. The van der Waals surface area contributed by atoms with Crippen molar-refractivity contribution in [3.8, 4) is 0 Å². The molecule has 2 unspecified atom stereocenters. The fourth-order valence-corrected chi connectivity index (χ4v) is 6.19. The van der Waals surface area contributed by atoms with E-state index in [1.54, 1.807) is 11.8 Å². The molecule has 1 heterocycles. The highest BCUT2D eigenvalue weighted by atomic mass is 32.2. The Hall–Kier alpha value is -2.27. The van der Waals surface area contributed by atoms with Crippen molar-refractivity contribution in [2.45, 2.75) is 56.9 Å². The van der Waals surface area contributed by atoms with E-state index in [1.165, 1.54) is 11.1 Å². The van der Waals surface area contributed by atoms with Gasteiger partial charge in [-0.25, -0.2) is 0 Å². The second kappa shape index (κ2) is 10.6. The maximum absolute atomic E-state index is 13.2. The molecule has 4 nitrogen and oxygen atoms in total. The van der Waals surface area contributed by atoms with Gasteiger partial charge in [0.05, 0.1) is 5.37 Å². The van der Waals surface area contributed by atoms with Crippen LogP contribution in [0.3, 0.4) is 0 Å². The van der Waals surface area contributed by atoms with E-state index in [1.807, 2.05) is 17.0 Å². The summed E-state index contributed by atoms with van der Waals surface area (Å²) in [5.74, 6) is 1.75. The summed E-state index contributed by atoms with van der Waals surface area (Å²) < 4.78 is 0. The molecule has 1 N–H and O–H groups in total. The van der Waals surface area contributed by atoms with Crippen molar-refractivity contribution in [3.05, 3.63) is 71.8 Å². The zero-order valence-corrected chi connectivity index (χ0v) is 19.9. The number of carbonyl (C=O) groups is 2. The first-order valence-corrected chi connectivity index (χ1v) is 12.9. The molecule has 2 aliphatic rings. The van der Waals surface area contributed by atoms with E-state index in [-0.39, 0.29) is 35.1 Å². The van der Waals surface area contributed by atoms with E-state index in [0.717, 1.165) is 25.7 Å². The van der Waals surface area contributed by atoms with Crippen molar-refractivity contribution in [3.63, 3.8) is 0 Å². The Morgan fingerprint density at radius 3 is 2.12 bits per heavy atom. The van der Waals surface area contributed by atoms with Crippen LogP contribution in [0.2, 0.25) is 0 Å². The summed E-state index contributed by atoms with van der Waals surface area (Å²) in [7, 11) is 0. The average molecular weight is 451 g/mol. The number of nitrogens with one attached hydrogen (secondary N) is 1. The van der Waals surface area contributed by atoms with Gasteiger partial charge in [-0.2, -0.15) is 0 Å². The summed E-state index contributed by atoms with van der Waals surface area (Å²) in [4.78, 5) is 28.1. The first-order valence-electron chi connectivity index (χ1n) is 11.9. The van der Waals surface area contributed by atoms with Crippen LogP contribution < -0.4 is 5.32 Å². The number of amides is 2. The molecule has 32 heavy (non-hydrogen) atoms. The Bertz CT molecular complexity index is 859. The van der Waals surface area contributed by atoms with Crippen LogP contribution in [0.5, 0.6) is 0 Å². The Morgan fingerprint density at radius 1 is 1.00 bits per heavy atom. The van der Waals surface area contributed by atoms with Crippen molar-refractivity contribution in [1.29, 1.82) is 0 Å². The number of benzene rings is 2. The van der Waals surface area contributed by atoms with Gasteiger partial charge in [0.1, 0.15) is 6.04 Å². The summed E-state index contributed by atoms with van der Waals surface area (Å²) in [6.45, 7) is 4.96. The lowest BCUT2D eigenvalue weighted by Crippen LogP contribution is -2.50. The van der Waals surface area contributed by atoms with Crippen molar-refractivity contribution in [2.75, 3.05) is 12.3 Å². The van der Waals surface area contributed by atoms with Crippen LogP contribution in [0.15, 0.2) is 60.7 Å². The van der Waals surface area contributed by atoms with Gasteiger partial charge in [-0.3, -0.25) is 9.59 Å².